The first-order valence-corrected chi connectivity index (χ1v) is 12.3. The van der Waals surface area contributed by atoms with E-state index in [1.807, 2.05) is 44.2 Å². The first-order valence-electron chi connectivity index (χ1n) is 11.5. The lowest BCUT2D eigenvalue weighted by atomic mass is 10.0. The van der Waals surface area contributed by atoms with Crippen molar-refractivity contribution >= 4 is 39.0 Å². The van der Waals surface area contributed by atoms with Crippen molar-refractivity contribution < 1.29 is 15.0 Å². The molecule has 5 N–H and O–H groups in total. The van der Waals surface area contributed by atoms with E-state index in [-0.39, 0.29) is 5.91 Å². The summed E-state index contributed by atoms with van der Waals surface area (Å²) < 4.78 is 1.07. The van der Waals surface area contributed by atoms with Crippen molar-refractivity contribution in [2.24, 2.45) is 0 Å². The molecule has 0 spiro atoms. The molecule has 186 valence electrons. The van der Waals surface area contributed by atoms with Gasteiger partial charge in [0.1, 0.15) is 11.9 Å². The summed E-state index contributed by atoms with van der Waals surface area (Å²) in [5.41, 5.74) is 1.24. The molecule has 0 saturated carbocycles. The van der Waals surface area contributed by atoms with Crippen LogP contribution in [0.1, 0.15) is 24.3 Å². The second-order valence-electron chi connectivity index (χ2n) is 9.01. The maximum absolute atomic E-state index is 12.4. The van der Waals surface area contributed by atoms with Gasteiger partial charge in [-0.1, -0.05) is 6.07 Å². The number of aliphatic hydroxyl groups excluding tert-OH is 2. The molecule has 3 aromatic heterocycles. The molecule has 0 radical (unpaired) electrons. The Kier molecular flexibility index (Phi) is 6.65. The SMILES string of the molecule is CC1(C)C(O)NC(O)N1CCNc1nccc(-c2cc3cc(NC(=O)c4ccccn4)ccc3s2)n1. The Hall–Kier alpha value is -3.48. The second kappa shape index (κ2) is 9.88. The summed E-state index contributed by atoms with van der Waals surface area (Å²) in [6, 6.07) is 14.9. The fourth-order valence-electron chi connectivity index (χ4n) is 4.13. The van der Waals surface area contributed by atoms with E-state index in [4.69, 9.17) is 0 Å². The summed E-state index contributed by atoms with van der Waals surface area (Å²) in [6.07, 6.45) is 1.56. The number of aliphatic hydroxyl groups is 2. The van der Waals surface area contributed by atoms with Gasteiger partial charge in [0.25, 0.3) is 5.91 Å². The largest absolute Gasteiger partial charge is 0.377 e. The molecule has 2 atom stereocenters. The number of hydrogen-bond acceptors (Lipinski definition) is 10. The van der Waals surface area contributed by atoms with Crippen LogP contribution >= 0.6 is 11.3 Å². The standard InChI is InChI=1S/C25H27N7O3S/c1-25(2)22(34)31-24(35)32(25)12-11-28-23-27-10-8-17(30-23)20-14-15-13-16(6-7-19(15)36-20)29-21(33)18-5-3-4-9-26-18/h3-10,13-14,22,24,31,34-35H,11-12H2,1-2H3,(H,29,33)(H,27,28,30). The molecule has 1 aliphatic rings. The van der Waals surface area contributed by atoms with Crippen LogP contribution in [-0.4, -0.2) is 67.2 Å². The molecule has 0 aliphatic carbocycles. The fraction of sp³-hybridized carbons (Fsp3) is 0.280. The summed E-state index contributed by atoms with van der Waals surface area (Å²) in [7, 11) is 0. The number of hydrogen-bond donors (Lipinski definition) is 5. The van der Waals surface area contributed by atoms with Gasteiger partial charge in [-0.2, -0.15) is 0 Å². The highest BCUT2D eigenvalue weighted by atomic mass is 32.1. The fourth-order valence-corrected chi connectivity index (χ4v) is 5.14. The summed E-state index contributed by atoms with van der Waals surface area (Å²) in [5.74, 6) is 0.223. The molecular weight excluding hydrogens is 478 g/mol. The Morgan fingerprint density at radius 3 is 2.75 bits per heavy atom. The zero-order valence-corrected chi connectivity index (χ0v) is 20.7. The van der Waals surface area contributed by atoms with Gasteiger partial charge in [-0.15, -0.1) is 11.3 Å². The summed E-state index contributed by atoms with van der Waals surface area (Å²) in [5, 5.41) is 30.0. The Labute approximate surface area is 212 Å². The van der Waals surface area contributed by atoms with Crippen LogP contribution in [0.2, 0.25) is 0 Å². The van der Waals surface area contributed by atoms with E-state index in [9.17, 15) is 15.0 Å². The van der Waals surface area contributed by atoms with Crippen molar-refractivity contribution in [3.63, 3.8) is 0 Å². The van der Waals surface area contributed by atoms with Crippen LogP contribution in [0.5, 0.6) is 0 Å². The molecule has 4 heterocycles. The molecule has 36 heavy (non-hydrogen) atoms. The molecular formula is C25H27N7O3S. The number of carbonyl (C=O) groups is 1. The van der Waals surface area contributed by atoms with Crippen LogP contribution in [0, 0.1) is 0 Å². The molecule has 1 aliphatic heterocycles. The Morgan fingerprint density at radius 2 is 2.00 bits per heavy atom. The van der Waals surface area contributed by atoms with Crippen molar-refractivity contribution in [3.8, 4) is 10.6 Å². The van der Waals surface area contributed by atoms with E-state index < -0.39 is 18.1 Å². The maximum Gasteiger partial charge on any atom is 0.274 e. The van der Waals surface area contributed by atoms with E-state index in [1.165, 1.54) is 0 Å². The van der Waals surface area contributed by atoms with Crippen molar-refractivity contribution in [1.82, 2.24) is 25.2 Å². The van der Waals surface area contributed by atoms with Gasteiger partial charge in [-0.3, -0.25) is 20.0 Å². The zero-order chi connectivity index (χ0) is 25.3. The molecule has 0 bridgehead atoms. The minimum Gasteiger partial charge on any atom is -0.377 e. The number of pyridine rings is 1. The molecule has 1 fully saturated rings. The van der Waals surface area contributed by atoms with E-state index >= 15 is 0 Å². The number of nitrogens with zero attached hydrogens (tertiary/aromatic N) is 4. The smallest absolute Gasteiger partial charge is 0.274 e. The first kappa shape index (κ1) is 24.2. The lowest BCUT2D eigenvalue weighted by molar-refractivity contribution is -0.0191. The minimum atomic E-state index is -0.916. The molecule has 1 aromatic carbocycles. The van der Waals surface area contributed by atoms with Crippen LogP contribution < -0.4 is 16.0 Å². The Balaban J connectivity index is 1.26. The van der Waals surface area contributed by atoms with E-state index in [2.05, 4.69) is 30.9 Å². The van der Waals surface area contributed by atoms with Crippen LogP contribution in [-0.2, 0) is 0 Å². The summed E-state index contributed by atoms with van der Waals surface area (Å²) in [4.78, 5) is 28.2. The lowest BCUT2D eigenvalue weighted by Crippen LogP contribution is -2.49. The lowest BCUT2D eigenvalue weighted by Gasteiger charge is -2.33. The van der Waals surface area contributed by atoms with Crippen molar-refractivity contribution in [1.29, 1.82) is 0 Å². The van der Waals surface area contributed by atoms with Crippen LogP contribution in [0.4, 0.5) is 11.6 Å². The quantitative estimate of drug-likeness (QED) is 0.257. The molecule has 11 heteroatoms. The third kappa shape index (κ3) is 4.92. The van der Waals surface area contributed by atoms with Crippen LogP contribution in [0.15, 0.2) is 60.9 Å². The zero-order valence-electron chi connectivity index (χ0n) is 19.8. The highest BCUT2D eigenvalue weighted by Crippen LogP contribution is 2.34. The summed E-state index contributed by atoms with van der Waals surface area (Å²) >= 11 is 1.61. The maximum atomic E-state index is 12.4. The van der Waals surface area contributed by atoms with E-state index in [0.717, 1.165) is 20.7 Å². The number of anilines is 2. The van der Waals surface area contributed by atoms with Gasteiger partial charge in [-0.05, 0) is 61.7 Å². The van der Waals surface area contributed by atoms with Crippen molar-refractivity contribution in [2.45, 2.75) is 32.0 Å². The number of rotatable bonds is 7. The molecule has 1 amide bonds. The second-order valence-corrected chi connectivity index (χ2v) is 10.1. The average molecular weight is 506 g/mol. The number of benzene rings is 1. The molecule has 10 nitrogen and oxygen atoms in total. The molecule has 1 saturated heterocycles. The Bertz CT molecular complexity index is 1380. The predicted octanol–water partition coefficient (Wildman–Crippen LogP) is 2.70. The van der Waals surface area contributed by atoms with Crippen LogP contribution in [0.3, 0.4) is 0 Å². The number of thiophene rings is 1. The van der Waals surface area contributed by atoms with Gasteiger partial charge in [0.15, 0.2) is 6.35 Å². The normalized spacial score (nSPS) is 19.4. The highest BCUT2D eigenvalue weighted by Gasteiger charge is 2.45. The topological polar surface area (TPSA) is 136 Å². The van der Waals surface area contributed by atoms with Gasteiger partial charge < -0.3 is 20.8 Å². The monoisotopic (exact) mass is 505 g/mol. The van der Waals surface area contributed by atoms with E-state index in [0.29, 0.717) is 30.4 Å². The third-order valence-corrected chi connectivity index (χ3v) is 7.37. The predicted molar refractivity (Wildman–Crippen MR) is 139 cm³/mol. The van der Waals surface area contributed by atoms with Gasteiger partial charge in [0.2, 0.25) is 5.95 Å². The van der Waals surface area contributed by atoms with Crippen LogP contribution in [0.25, 0.3) is 20.7 Å². The molecule has 5 rings (SSSR count). The van der Waals surface area contributed by atoms with Gasteiger partial charge in [0, 0.05) is 35.9 Å². The first-order chi connectivity index (χ1) is 17.3. The van der Waals surface area contributed by atoms with Crippen molar-refractivity contribution in [2.75, 3.05) is 23.7 Å². The van der Waals surface area contributed by atoms with Gasteiger partial charge in [0.05, 0.1) is 16.1 Å². The molecule has 4 aromatic rings. The average Bonchev–Trinajstić information content (AvgIpc) is 3.38. The summed E-state index contributed by atoms with van der Waals surface area (Å²) in [6.45, 7) is 4.72. The van der Waals surface area contributed by atoms with Gasteiger partial charge in [-0.25, -0.2) is 9.97 Å². The third-order valence-electron chi connectivity index (χ3n) is 6.23. The number of nitrogens with one attached hydrogen (secondary N) is 3. The number of fused-ring (bicyclic) bond motifs is 1. The number of aromatic nitrogens is 3. The highest BCUT2D eigenvalue weighted by molar-refractivity contribution is 7.22. The van der Waals surface area contributed by atoms with Gasteiger partial charge >= 0.3 is 0 Å². The number of carbonyl (C=O) groups excluding carboxylic acids is 1. The Morgan fingerprint density at radius 1 is 1.14 bits per heavy atom. The minimum absolute atomic E-state index is 0.257. The van der Waals surface area contributed by atoms with E-state index in [1.54, 1.807) is 46.8 Å². The number of amides is 1. The van der Waals surface area contributed by atoms with Crippen molar-refractivity contribution in [3.05, 3.63) is 66.6 Å². The molecule has 2 unspecified atom stereocenters.